The molecule has 0 saturated heterocycles. The number of rotatable bonds is 4. The molecule has 0 spiro atoms. The molecule has 0 aromatic heterocycles. The van der Waals surface area contributed by atoms with Crippen molar-refractivity contribution in [3.63, 3.8) is 0 Å². The molecule has 0 aliphatic rings. The first-order chi connectivity index (χ1) is 5.49. The predicted octanol–water partition coefficient (Wildman–Crippen LogP) is -2.00. The third-order valence-electron chi connectivity index (χ3n) is 0.937. The van der Waals surface area contributed by atoms with Crippen LogP contribution >= 0.6 is 0 Å². The molecule has 0 bridgehead atoms. The van der Waals surface area contributed by atoms with Crippen LogP contribution in [0.5, 0.6) is 0 Å². The molecule has 0 fully saturated rings. The van der Waals surface area contributed by atoms with Gasteiger partial charge < -0.3 is 14.9 Å². The number of carbonyl (C=O) groups excluding carboxylic acids is 3. The van der Waals surface area contributed by atoms with E-state index in [-0.39, 0.29) is 0 Å². The molecule has 0 heterocycles. The Labute approximate surface area is 67.8 Å². The Bertz CT molecular complexity index is 208. The highest BCUT2D eigenvalue weighted by molar-refractivity contribution is 6.32. The van der Waals surface area contributed by atoms with E-state index < -0.39 is 30.4 Å². The maximum atomic E-state index is 10.4. The second kappa shape index (κ2) is 4.58. The molecular formula is C6H8O6. The maximum absolute atomic E-state index is 10.4. The Balaban J connectivity index is 4.01. The lowest BCUT2D eigenvalue weighted by Gasteiger charge is -2.06. The fraction of sp³-hybridized carbons (Fsp3) is 0.500. The van der Waals surface area contributed by atoms with E-state index in [1.54, 1.807) is 0 Å². The summed E-state index contributed by atoms with van der Waals surface area (Å²) in [7, 11) is 0. The molecule has 6 nitrogen and oxygen atoms in total. The van der Waals surface area contributed by atoms with Gasteiger partial charge in [-0.1, -0.05) is 0 Å². The van der Waals surface area contributed by atoms with Gasteiger partial charge in [0.2, 0.25) is 11.6 Å². The zero-order valence-electron chi connectivity index (χ0n) is 6.31. The van der Waals surface area contributed by atoms with Gasteiger partial charge >= 0.3 is 5.97 Å². The van der Waals surface area contributed by atoms with Crippen LogP contribution in [0.15, 0.2) is 0 Å². The predicted molar refractivity (Wildman–Crippen MR) is 34.9 cm³/mol. The second-order valence-electron chi connectivity index (χ2n) is 1.94. The molecule has 68 valence electrons. The van der Waals surface area contributed by atoms with Crippen LogP contribution in [0.3, 0.4) is 0 Å². The smallest absolute Gasteiger partial charge is 0.376 e. The Kier molecular flexibility index (Phi) is 4.09. The normalized spacial score (nSPS) is 11.9. The second-order valence-corrected chi connectivity index (χ2v) is 1.94. The van der Waals surface area contributed by atoms with Crippen LogP contribution in [0.2, 0.25) is 0 Å². The summed E-state index contributed by atoms with van der Waals surface area (Å²) in [6.07, 6.45) is -2.06. The first-order valence-electron chi connectivity index (χ1n) is 3.02. The summed E-state index contributed by atoms with van der Waals surface area (Å²) in [4.78, 5) is 31.0. The monoisotopic (exact) mass is 176 g/mol. The van der Waals surface area contributed by atoms with Gasteiger partial charge in [-0.3, -0.25) is 9.59 Å². The average molecular weight is 176 g/mol. The summed E-state index contributed by atoms with van der Waals surface area (Å²) < 4.78 is 3.92. The number of esters is 1. The lowest BCUT2D eigenvalue weighted by atomic mass is 10.4. The SMILES string of the molecule is CC(=O)C(=O)OC(O)C(=O)CO. The zero-order valence-corrected chi connectivity index (χ0v) is 6.31. The third kappa shape index (κ3) is 3.22. The van der Waals surface area contributed by atoms with E-state index in [0.29, 0.717) is 0 Å². The largest absolute Gasteiger partial charge is 0.422 e. The van der Waals surface area contributed by atoms with Gasteiger partial charge in [0.1, 0.15) is 6.61 Å². The minimum Gasteiger partial charge on any atom is -0.422 e. The molecule has 0 amide bonds. The molecule has 12 heavy (non-hydrogen) atoms. The summed E-state index contributed by atoms with van der Waals surface area (Å²) in [6.45, 7) is -0.0230. The lowest BCUT2D eigenvalue weighted by molar-refractivity contribution is -0.178. The van der Waals surface area contributed by atoms with Gasteiger partial charge in [0.05, 0.1) is 0 Å². The highest BCUT2D eigenvalue weighted by Crippen LogP contribution is 1.90. The van der Waals surface area contributed by atoms with Gasteiger partial charge in [-0.05, 0) is 0 Å². The van der Waals surface area contributed by atoms with Crippen molar-refractivity contribution in [2.75, 3.05) is 6.61 Å². The molecule has 2 N–H and O–H groups in total. The van der Waals surface area contributed by atoms with Crippen LogP contribution in [0.25, 0.3) is 0 Å². The molecule has 1 atom stereocenters. The first-order valence-corrected chi connectivity index (χ1v) is 3.02. The minimum absolute atomic E-state index is 0.929. The summed E-state index contributed by atoms with van der Waals surface area (Å²) >= 11 is 0. The number of ether oxygens (including phenoxy) is 1. The van der Waals surface area contributed by atoms with Gasteiger partial charge in [-0.15, -0.1) is 0 Å². The number of aliphatic hydroxyl groups is 2. The summed E-state index contributed by atoms with van der Waals surface area (Å²) in [5.74, 6) is -3.33. The van der Waals surface area contributed by atoms with Crippen molar-refractivity contribution in [1.29, 1.82) is 0 Å². The van der Waals surface area contributed by atoms with Crippen LogP contribution in [0.1, 0.15) is 6.92 Å². The summed E-state index contributed by atoms with van der Waals surface area (Å²) in [5, 5.41) is 16.8. The molecule has 6 heteroatoms. The molecular weight excluding hydrogens is 168 g/mol. The molecule has 0 rings (SSSR count). The Morgan fingerprint density at radius 1 is 1.42 bits per heavy atom. The standard InChI is InChI=1S/C6H8O6/c1-3(8)5(10)12-6(11)4(9)2-7/h6-7,11H,2H2,1H3. The Morgan fingerprint density at radius 3 is 2.25 bits per heavy atom. The number of aliphatic hydroxyl groups excluding tert-OH is 2. The van der Waals surface area contributed by atoms with Crippen molar-refractivity contribution >= 4 is 17.5 Å². The van der Waals surface area contributed by atoms with Gasteiger partial charge in [0, 0.05) is 6.92 Å². The van der Waals surface area contributed by atoms with Crippen LogP contribution in [0, 0.1) is 0 Å². The molecule has 0 aliphatic heterocycles. The topological polar surface area (TPSA) is 101 Å². The van der Waals surface area contributed by atoms with E-state index in [1.165, 1.54) is 0 Å². The van der Waals surface area contributed by atoms with E-state index in [9.17, 15) is 14.4 Å². The number of hydrogen-bond acceptors (Lipinski definition) is 6. The quantitative estimate of drug-likeness (QED) is 0.292. The molecule has 1 unspecified atom stereocenters. The number of ketones is 2. The van der Waals surface area contributed by atoms with E-state index in [4.69, 9.17) is 10.2 Å². The third-order valence-corrected chi connectivity index (χ3v) is 0.937. The summed E-state index contributed by atoms with van der Waals surface area (Å²) in [5.41, 5.74) is 0. The molecule has 0 saturated carbocycles. The highest BCUT2D eigenvalue weighted by Gasteiger charge is 2.20. The van der Waals surface area contributed by atoms with Crippen molar-refractivity contribution in [2.24, 2.45) is 0 Å². The fourth-order valence-electron chi connectivity index (χ4n) is 0.328. The van der Waals surface area contributed by atoms with Gasteiger partial charge in [0.25, 0.3) is 6.29 Å². The first kappa shape index (κ1) is 10.7. The highest BCUT2D eigenvalue weighted by atomic mass is 16.6. The minimum atomic E-state index is -2.06. The van der Waals surface area contributed by atoms with Crippen LogP contribution < -0.4 is 0 Å². The lowest BCUT2D eigenvalue weighted by Crippen LogP contribution is -2.31. The fourth-order valence-corrected chi connectivity index (χ4v) is 0.328. The van der Waals surface area contributed by atoms with Crippen molar-refractivity contribution in [3.05, 3.63) is 0 Å². The Morgan fingerprint density at radius 2 is 1.92 bits per heavy atom. The van der Waals surface area contributed by atoms with Crippen LogP contribution in [-0.2, 0) is 19.1 Å². The Hall–Kier alpha value is -1.27. The average Bonchev–Trinajstić information content (AvgIpc) is 2.02. The summed E-state index contributed by atoms with van der Waals surface area (Å²) in [6, 6.07) is 0. The van der Waals surface area contributed by atoms with Crippen molar-refractivity contribution in [1.82, 2.24) is 0 Å². The number of Topliss-reactive ketones (excluding diaryl/α,β-unsaturated/α-hetero) is 2. The maximum Gasteiger partial charge on any atom is 0.376 e. The van der Waals surface area contributed by atoms with E-state index in [2.05, 4.69) is 4.74 Å². The van der Waals surface area contributed by atoms with Crippen molar-refractivity contribution in [3.8, 4) is 0 Å². The van der Waals surface area contributed by atoms with Gasteiger partial charge in [-0.25, -0.2) is 4.79 Å². The van der Waals surface area contributed by atoms with E-state index >= 15 is 0 Å². The number of carbonyl (C=O) groups is 3. The van der Waals surface area contributed by atoms with E-state index in [1.807, 2.05) is 0 Å². The van der Waals surface area contributed by atoms with Crippen molar-refractivity contribution in [2.45, 2.75) is 13.2 Å². The molecule has 0 radical (unpaired) electrons. The van der Waals surface area contributed by atoms with Gasteiger partial charge in [-0.2, -0.15) is 0 Å². The molecule has 0 aliphatic carbocycles. The molecule has 0 aromatic rings. The molecule has 0 aromatic carbocycles. The van der Waals surface area contributed by atoms with Crippen molar-refractivity contribution < 1.29 is 29.3 Å². The number of hydrogen-bond donors (Lipinski definition) is 2. The van der Waals surface area contributed by atoms with E-state index in [0.717, 1.165) is 6.92 Å². The zero-order chi connectivity index (χ0) is 9.72. The van der Waals surface area contributed by atoms with Gasteiger partial charge in [0.15, 0.2) is 0 Å². The van der Waals surface area contributed by atoms with Crippen LogP contribution in [-0.4, -0.2) is 40.6 Å². The van der Waals surface area contributed by atoms with Crippen LogP contribution in [0.4, 0.5) is 0 Å².